The molecule has 14 heteroatoms. The number of ether oxygens (including phenoxy) is 2. The molecule has 4 N–H and O–H groups in total. The Hall–Kier alpha value is -3.52. The van der Waals surface area contributed by atoms with Gasteiger partial charge in [0.2, 0.25) is 5.91 Å². The van der Waals surface area contributed by atoms with Gasteiger partial charge in [0.25, 0.3) is 15.9 Å². The molecule has 1 aromatic carbocycles. The van der Waals surface area contributed by atoms with Crippen LogP contribution in [0.1, 0.15) is 13.8 Å². The molecule has 0 saturated heterocycles. The van der Waals surface area contributed by atoms with Crippen molar-refractivity contribution < 1.29 is 37.7 Å². The molecule has 0 unspecified atom stereocenters. The Morgan fingerprint density at radius 3 is 2.76 bits per heavy atom. The number of carbonyl (C=O) groups is 2. The fourth-order valence-electron chi connectivity index (χ4n) is 3.19. The van der Waals surface area contributed by atoms with Gasteiger partial charge in [-0.15, -0.1) is 5.10 Å². The number of hydrogen-bond donors (Lipinski definition) is 4. The first-order valence-electron chi connectivity index (χ1n) is 10.0. The lowest BCUT2D eigenvalue weighted by Gasteiger charge is -2.35. The zero-order chi connectivity index (χ0) is 24.2. The summed E-state index contributed by atoms with van der Waals surface area (Å²) in [6, 6.07) is 4.22. The Balaban J connectivity index is 2.07. The SMILES string of the molecule is CCn1cc(S(=O)(=O)N2C[C@H](CNC(C)=O)Oc3ccc(NC(=O)O)cc32)c(OCCO)n1. The predicted octanol–water partition coefficient (Wildman–Crippen LogP) is 0.456. The highest BCUT2D eigenvalue weighted by molar-refractivity contribution is 7.93. The second kappa shape index (κ2) is 9.95. The van der Waals surface area contributed by atoms with Crippen molar-refractivity contribution in [3.63, 3.8) is 0 Å². The standard InChI is InChI=1S/C19H25N5O8S/c1-3-23-11-17(18(22-23)31-7-6-25)33(29,30)24-10-14(9-20-12(2)26)32-16-5-4-13(8-15(16)24)21-19(27)28/h4-5,8,11,14,21,25H,3,6-7,9-10H2,1-2H3,(H,20,26)(H,27,28)/t14-/m0/s1. The molecular formula is C19H25N5O8S. The monoisotopic (exact) mass is 483 g/mol. The number of carbonyl (C=O) groups excluding carboxylic acids is 1. The second-order valence-electron chi connectivity index (χ2n) is 7.05. The number of aryl methyl sites for hydroxylation is 1. The molecule has 0 aliphatic carbocycles. The third-order valence-electron chi connectivity index (χ3n) is 4.64. The van der Waals surface area contributed by atoms with E-state index in [-0.39, 0.29) is 60.1 Å². The lowest BCUT2D eigenvalue weighted by Crippen LogP contribution is -2.48. The lowest BCUT2D eigenvalue weighted by atomic mass is 10.2. The summed E-state index contributed by atoms with van der Waals surface area (Å²) in [5.74, 6) is -0.280. The number of aliphatic hydroxyl groups is 1. The van der Waals surface area contributed by atoms with E-state index < -0.39 is 22.2 Å². The number of rotatable bonds is 9. The first kappa shape index (κ1) is 24.1. The smallest absolute Gasteiger partial charge is 0.409 e. The van der Waals surface area contributed by atoms with Crippen LogP contribution in [-0.4, -0.2) is 72.8 Å². The summed E-state index contributed by atoms with van der Waals surface area (Å²) in [5, 5.41) is 27.0. The molecular weight excluding hydrogens is 458 g/mol. The lowest BCUT2D eigenvalue weighted by molar-refractivity contribution is -0.119. The van der Waals surface area contributed by atoms with Crippen LogP contribution in [0.4, 0.5) is 16.2 Å². The van der Waals surface area contributed by atoms with E-state index in [9.17, 15) is 18.0 Å². The zero-order valence-corrected chi connectivity index (χ0v) is 18.8. The Kier molecular flexibility index (Phi) is 7.28. The van der Waals surface area contributed by atoms with Crippen LogP contribution in [0.3, 0.4) is 0 Å². The number of aromatic nitrogens is 2. The van der Waals surface area contributed by atoms with Gasteiger partial charge in [0.05, 0.1) is 25.4 Å². The summed E-state index contributed by atoms with van der Waals surface area (Å²) in [4.78, 5) is 22.2. The average Bonchev–Trinajstić information content (AvgIpc) is 3.19. The van der Waals surface area contributed by atoms with Crippen molar-refractivity contribution in [2.75, 3.05) is 35.9 Å². The topological polar surface area (TPSA) is 172 Å². The largest absolute Gasteiger partial charge is 0.484 e. The third-order valence-corrected chi connectivity index (χ3v) is 6.40. The van der Waals surface area contributed by atoms with Gasteiger partial charge in [-0.25, -0.2) is 13.2 Å². The van der Waals surface area contributed by atoms with Crippen molar-refractivity contribution in [1.29, 1.82) is 0 Å². The maximum absolute atomic E-state index is 13.7. The molecule has 1 aliphatic heterocycles. The first-order chi connectivity index (χ1) is 15.6. The average molecular weight is 484 g/mol. The minimum atomic E-state index is -4.27. The summed E-state index contributed by atoms with van der Waals surface area (Å²) in [5.41, 5.74) is 0.254. The van der Waals surface area contributed by atoms with E-state index in [1.54, 1.807) is 6.92 Å². The maximum atomic E-state index is 13.7. The van der Waals surface area contributed by atoms with Gasteiger partial charge in [-0.2, -0.15) is 0 Å². The highest BCUT2D eigenvalue weighted by atomic mass is 32.2. The molecule has 1 aliphatic rings. The maximum Gasteiger partial charge on any atom is 0.409 e. The number of amides is 2. The van der Waals surface area contributed by atoms with Gasteiger partial charge in [0.1, 0.15) is 18.5 Å². The van der Waals surface area contributed by atoms with Crippen LogP contribution in [0.25, 0.3) is 0 Å². The van der Waals surface area contributed by atoms with E-state index in [1.807, 2.05) is 0 Å². The van der Waals surface area contributed by atoms with Crippen LogP contribution in [-0.2, 0) is 21.4 Å². The Morgan fingerprint density at radius 2 is 2.12 bits per heavy atom. The van der Waals surface area contributed by atoms with Crippen LogP contribution in [0.5, 0.6) is 11.6 Å². The van der Waals surface area contributed by atoms with Crippen molar-refractivity contribution in [1.82, 2.24) is 15.1 Å². The third kappa shape index (κ3) is 5.46. The number of hydrogen-bond acceptors (Lipinski definition) is 8. The Labute approximate surface area is 189 Å². The van der Waals surface area contributed by atoms with E-state index in [2.05, 4.69) is 15.7 Å². The number of anilines is 2. The first-order valence-corrected chi connectivity index (χ1v) is 11.5. The van der Waals surface area contributed by atoms with Crippen LogP contribution >= 0.6 is 0 Å². The summed E-state index contributed by atoms with van der Waals surface area (Å²) in [7, 11) is -4.27. The number of carboxylic acid groups (broad SMARTS) is 1. The number of nitrogens with zero attached hydrogens (tertiary/aromatic N) is 3. The molecule has 13 nitrogen and oxygen atoms in total. The van der Waals surface area contributed by atoms with Crippen LogP contribution in [0.2, 0.25) is 0 Å². The van der Waals surface area contributed by atoms with Gasteiger partial charge < -0.3 is 25.0 Å². The van der Waals surface area contributed by atoms with Gasteiger partial charge >= 0.3 is 6.09 Å². The molecule has 0 fully saturated rings. The zero-order valence-electron chi connectivity index (χ0n) is 18.0. The Bertz CT molecular complexity index is 1130. The number of benzene rings is 1. The summed E-state index contributed by atoms with van der Waals surface area (Å²) in [6.07, 6.45) is -0.703. The van der Waals surface area contributed by atoms with Crippen molar-refractivity contribution in [2.45, 2.75) is 31.4 Å². The minimum Gasteiger partial charge on any atom is -0.484 e. The molecule has 2 aromatic rings. The molecule has 0 radical (unpaired) electrons. The molecule has 0 bridgehead atoms. The summed E-state index contributed by atoms with van der Waals surface area (Å²) >= 11 is 0. The summed E-state index contributed by atoms with van der Waals surface area (Å²) < 4.78 is 41.1. The molecule has 1 aromatic heterocycles. The van der Waals surface area contributed by atoms with Crippen LogP contribution in [0, 0.1) is 0 Å². The Morgan fingerprint density at radius 1 is 1.36 bits per heavy atom. The molecule has 180 valence electrons. The number of aliphatic hydroxyl groups excluding tert-OH is 1. The van der Waals surface area contributed by atoms with Crippen molar-refractivity contribution in [3.8, 4) is 11.6 Å². The molecule has 2 heterocycles. The van der Waals surface area contributed by atoms with Gasteiger partial charge in [0, 0.05) is 25.4 Å². The molecule has 33 heavy (non-hydrogen) atoms. The number of nitrogens with one attached hydrogen (secondary N) is 2. The highest BCUT2D eigenvalue weighted by Gasteiger charge is 2.38. The van der Waals surface area contributed by atoms with E-state index in [0.29, 0.717) is 6.54 Å². The van der Waals surface area contributed by atoms with Gasteiger partial charge in [-0.3, -0.25) is 19.1 Å². The molecule has 0 spiro atoms. The number of fused-ring (bicyclic) bond motifs is 1. The van der Waals surface area contributed by atoms with Gasteiger partial charge in [-0.05, 0) is 25.1 Å². The van der Waals surface area contributed by atoms with Crippen molar-refractivity contribution in [3.05, 3.63) is 24.4 Å². The van der Waals surface area contributed by atoms with Gasteiger partial charge in [-0.1, -0.05) is 0 Å². The van der Waals surface area contributed by atoms with E-state index in [0.717, 1.165) is 4.31 Å². The second-order valence-corrected chi connectivity index (χ2v) is 8.88. The summed E-state index contributed by atoms with van der Waals surface area (Å²) in [6.45, 7) is 2.89. The molecule has 0 saturated carbocycles. The van der Waals surface area contributed by atoms with Crippen LogP contribution < -0.4 is 24.4 Å². The highest BCUT2D eigenvalue weighted by Crippen LogP contribution is 2.40. The normalized spacial score (nSPS) is 15.4. The van der Waals surface area contributed by atoms with E-state index in [1.165, 1.54) is 36.0 Å². The number of sulfonamides is 1. The fourth-order valence-corrected chi connectivity index (χ4v) is 4.77. The van der Waals surface area contributed by atoms with E-state index >= 15 is 0 Å². The van der Waals surface area contributed by atoms with Crippen molar-refractivity contribution >= 4 is 33.4 Å². The quantitative estimate of drug-likeness (QED) is 0.395. The minimum absolute atomic E-state index is 0.0536. The van der Waals surface area contributed by atoms with E-state index in [4.69, 9.17) is 19.7 Å². The molecule has 3 rings (SSSR count). The van der Waals surface area contributed by atoms with Crippen LogP contribution in [0.15, 0.2) is 29.3 Å². The van der Waals surface area contributed by atoms with Crippen molar-refractivity contribution in [2.24, 2.45) is 0 Å². The van der Waals surface area contributed by atoms with Gasteiger partial charge in [0.15, 0.2) is 4.90 Å². The predicted molar refractivity (Wildman–Crippen MR) is 116 cm³/mol. The fraction of sp³-hybridized carbons (Fsp3) is 0.421. The molecule has 2 amide bonds. The molecule has 1 atom stereocenters.